The molecule has 0 aliphatic rings. The fourth-order valence-electron chi connectivity index (χ4n) is 2.80. The number of aromatic nitrogens is 3. The van der Waals surface area contributed by atoms with Crippen LogP contribution in [0.2, 0.25) is 0 Å². The number of nitrogen functional groups attached to an aromatic ring is 1. The van der Waals surface area contributed by atoms with E-state index in [1.807, 2.05) is 18.2 Å². The molecule has 0 bridgehead atoms. The van der Waals surface area contributed by atoms with Gasteiger partial charge in [0.2, 0.25) is 0 Å². The molecular weight excluding hydrogens is 330 g/mol. The van der Waals surface area contributed by atoms with Crippen LogP contribution in [0.3, 0.4) is 0 Å². The van der Waals surface area contributed by atoms with Crippen molar-refractivity contribution in [2.24, 2.45) is 0 Å². The molecule has 0 radical (unpaired) electrons. The van der Waals surface area contributed by atoms with Crippen molar-refractivity contribution in [1.82, 2.24) is 15.2 Å². The number of nitrogens with one attached hydrogen (secondary N) is 1. The zero-order valence-electron chi connectivity index (χ0n) is 13.5. The molecule has 124 valence electrons. The summed E-state index contributed by atoms with van der Waals surface area (Å²) in [4.78, 5) is 4.49. The summed E-state index contributed by atoms with van der Waals surface area (Å²) in [5.74, 6) is 0.511. The smallest absolute Gasteiger partial charge is 0.126 e. The number of nitrogens with zero attached hydrogens (tertiary/aromatic N) is 3. The minimum absolute atomic E-state index is 0.511. The molecule has 6 heteroatoms. The molecule has 5 nitrogen and oxygen atoms in total. The second-order valence-corrected chi connectivity index (χ2v) is 6.51. The van der Waals surface area contributed by atoms with Crippen molar-refractivity contribution in [3.63, 3.8) is 0 Å². The first-order chi connectivity index (χ1) is 12.3. The topological polar surface area (TPSA) is 76.7 Å². The van der Waals surface area contributed by atoms with Crippen LogP contribution in [-0.2, 0) is 6.42 Å². The van der Waals surface area contributed by atoms with Crippen LogP contribution in [0.1, 0.15) is 5.69 Å². The van der Waals surface area contributed by atoms with Crippen LogP contribution in [0.25, 0.3) is 22.0 Å². The average Bonchev–Trinajstić information content (AvgIpc) is 3.16. The third kappa shape index (κ3) is 3.44. The minimum Gasteiger partial charge on any atom is -0.384 e. The van der Waals surface area contributed by atoms with Gasteiger partial charge in [0.05, 0.1) is 11.2 Å². The van der Waals surface area contributed by atoms with E-state index in [9.17, 15) is 0 Å². The largest absolute Gasteiger partial charge is 0.384 e. The summed E-state index contributed by atoms with van der Waals surface area (Å²) in [7, 11) is 0. The first-order valence-corrected chi connectivity index (χ1v) is 8.97. The number of benzene rings is 1. The van der Waals surface area contributed by atoms with Crippen molar-refractivity contribution in [2.75, 3.05) is 17.6 Å². The molecule has 4 aromatic rings. The summed E-state index contributed by atoms with van der Waals surface area (Å²) in [5, 5.41) is 16.7. The molecule has 0 aliphatic heterocycles. The molecule has 3 heterocycles. The molecule has 25 heavy (non-hydrogen) atoms. The number of nitrogens with two attached hydrogens (primary N) is 1. The Labute approximate surface area is 149 Å². The van der Waals surface area contributed by atoms with E-state index in [4.69, 9.17) is 5.73 Å². The molecule has 0 saturated heterocycles. The third-order valence-corrected chi connectivity index (χ3v) is 4.69. The molecule has 0 amide bonds. The first kappa shape index (κ1) is 15.5. The molecule has 1 aromatic carbocycles. The summed E-state index contributed by atoms with van der Waals surface area (Å²) < 4.78 is 0. The summed E-state index contributed by atoms with van der Waals surface area (Å²) in [5.41, 5.74) is 11.2. The highest BCUT2D eigenvalue weighted by Gasteiger charge is 2.07. The Morgan fingerprint density at radius 1 is 1.08 bits per heavy atom. The van der Waals surface area contributed by atoms with Gasteiger partial charge < -0.3 is 11.1 Å². The molecule has 0 fully saturated rings. The van der Waals surface area contributed by atoms with Crippen LogP contribution in [0.5, 0.6) is 0 Å². The zero-order chi connectivity index (χ0) is 17.1. The summed E-state index contributed by atoms with van der Waals surface area (Å²) >= 11 is 1.69. The standard InChI is InChI=1S/C19H17N5S/c20-19-11-17(21-8-5-15-2-1-7-22-24-15)16-4-3-13(10-18(16)23-19)14-6-9-25-12-14/h1-4,6-7,9-12H,5,8H2,(H3,20,21,23). The normalized spacial score (nSPS) is 10.9. The fraction of sp³-hybridized carbons (Fsp3) is 0.105. The van der Waals surface area contributed by atoms with Gasteiger partial charge in [-0.25, -0.2) is 4.98 Å². The Morgan fingerprint density at radius 2 is 2.04 bits per heavy atom. The first-order valence-electron chi connectivity index (χ1n) is 8.03. The highest BCUT2D eigenvalue weighted by Crippen LogP contribution is 2.30. The number of rotatable bonds is 5. The van der Waals surface area contributed by atoms with E-state index in [1.54, 1.807) is 17.5 Å². The lowest BCUT2D eigenvalue weighted by Crippen LogP contribution is -2.07. The Hall–Kier alpha value is -2.99. The van der Waals surface area contributed by atoms with Gasteiger partial charge in [0.25, 0.3) is 0 Å². The van der Waals surface area contributed by atoms with E-state index in [-0.39, 0.29) is 0 Å². The van der Waals surface area contributed by atoms with E-state index >= 15 is 0 Å². The molecule has 0 aliphatic carbocycles. The maximum Gasteiger partial charge on any atom is 0.126 e. The van der Waals surface area contributed by atoms with Gasteiger partial charge in [-0.15, -0.1) is 0 Å². The maximum atomic E-state index is 6.00. The van der Waals surface area contributed by atoms with Gasteiger partial charge in [-0.2, -0.15) is 21.5 Å². The maximum absolute atomic E-state index is 6.00. The summed E-state index contributed by atoms with van der Waals surface area (Å²) in [6, 6.07) is 14.2. The zero-order valence-corrected chi connectivity index (χ0v) is 14.3. The number of pyridine rings is 1. The second-order valence-electron chi connectivity index (χ2n) is 5.73. The van der Waals surface area contributed by atoms with Crippen LogP contribution < -0.4 is 11.1 Å². The predicted molar refractivity (Wildman–Crippen MR) is 104 cm³/mol. The quantitative estimate of drug-likeness (QED) is 0.571. The summed E-state index contributed by atoms with van der Waals surface area (Å²) in [6.07, 6.45) is 2.48. The second kappa shape index (κ2) is 6.86. The minimum atomic E-state index is 0.511. The van der Waals surface area contributed by atoms with Gasteiger partial charge in [-0.3, -0.25) is 0 Å². The molecule has 0 saturated carbocycles. The Kier molecular flexibility index (Phi) is 4.26. The van der Waals surface area contributed by atoms with Crippen molar-refractivity contribution in [3.05, 3.63) is 65.1 Å². The third-order valence-electron chi connectivity index (χ3n) is 4.01. The van der Waals surface area contributed by atoms with Gasteiger partial charge >= 0.3 is 0 Å². The fourth-order valence-corrected chi connectivity index (χ4v) is 3.46. The van der Waals surface area contributed by atoms with Crippen LogP contribution in [0, 0.1) is 0 Å². The Bertz CT molecular complexity index is 984. The van der Waals surface area contributed by atoms with Crippen molar-refractivity contribution < 1.29 is 0 Å². The van der Waals surface area contributed by atoms with E-state index in [2.05, 4.69) is 55.5 Å². The molecule has 3 aromatic heterocycles. The number of hydrogen-bond donors (Lipinski definition) is 2. The van der Waals surface area contributed by atoms with Crippen LogP contribution >= 0.6 is 11.3 Å². The molecule has 0 atom stereocenters. The Morgan fingerprint density at radius 3 is 2.84 bits per heavy atom. The number of anilines is 2. The molecule has 0 unspecified atom stereocenters. The van der Waals surface area contributed by atoms with Crippen molar-refractivity contribution >= 4 is 33.7 Å². The van der Waals surface area contributed by atoms with Crippen molar-refractivity contribution in [3.8, 4) is 11.1 Å². The van der Waals surface area contributed by atoms with Gasteiger partial charge in [-0.1, -0.05) is 12.1 Å². The van der Waals surface area contributed by atoms with Gasteiger partial charge in [-0.05, 0) is 46.2 Å². The number of thiophene rings is 1. The van der Waals surface area contributed by atoms with Gasteiger partial charge in [0.1, 0.15) is 5.82 Å². The molecule has 0 spiro atoms. The number of fused-ring (bicyclic) bond motifs is 1. The van der Waals surface area contributed by atoms with Crippen LogP contribution in [0.15, 0.2) is 59.4 Å². The highest BCUT2D eigenvalue weighted by atomic mass is 32.1. The average molecular weight is 347 g/mol. The van der Waals surface area contributed by atoms with E-state index in [0.29, 0.717) is 5.82 Å². The lowest BCUT2D eigenvalue weighted by atomic mass is 10.1. The molecule has 4 rings (SSSR count). The number of hydrogen-bond acceptors (Lipinski definition) is 6. The lowest BCUT2D eigenvalue weighted by molar-refractivity contribution is 0.888. The summed E-state index contributed by atoms with van der Waals surface area (Å²) in [6.45, 7) is 0.754. The monoisotopic (exact) mass is 347 g/mol. The van der Waals surface area contributed by atoms with Crippen molar-refractivity contribution in [1.29, 1.82) is 0 Å². The van der Waals surface area contributed by atoms with E-state index in [0.717, 1.165) is 40.8 Å². The van der Waals surface area contributed by atoms with Gasteiger partial charge in [0, 0.05) is 36.3 Å². The van der Waals surface area contributed by atoms with Crippen LogP contribution in [0.4, 0.5) is 11.5 Å². The van der Waals surface area contributed by atoms with E-state index in [1.165, 1.54) is 5.56 Å². The predicted octanol–water partition coefficient (Wildman–Crippen LogP) is 3.99. The lowest BCUT2D eigenvalue weighted by Gasteiger charge is -2.11. The van der Waals surface area contributed by atoms with Gasteiger partial charge in [0.15, 0.2) is 0 Å². The van der Waals surface area contributed by atoms with Crippen molar-refractivity contribution in [2.45, 2.75) is 6.42 Å². The van der Waals surface area contributed by atoms with Crippen LogP contribution in [-0.4, -0.2) is 21.7 Å². The Balaban J connectivity index is 1.60. The highest BCUT2D eigenvalue weighted by molar-refractivity contribution is 7.08. The molecule has 3 N–H and O–H groups in total. The SMILES string of the molecule is Nc1cc(NCCc2cccnn2)c2ccc(-c3ccsc3)cc2n1. The van der Waals surface area contributed by atoms with E-state index < -0.39 is 0 Å². The molecular formula is C19H17N5S.